The number of urea groups is 1. The molecule has 138 valence electrons. The van der Waals surface area contributed by atoms with Gasteiger partial charge in [0.15, 0.2) is 0 Å². The van der Waals surface area contributed by atoms with E-state index in [0.717, 1.165) is 5.56 Å². The van der Waals surface area contributed by atoms with Crippen LogP contribution in [0.4, 0.5) is 4.79 Å². The summed E-state index contributed by atoms with van der Waals surface area (Å²) in [7, 11) is -3.39. The number of amides is 2. The zero-order valence-electron chi connectivity index (χ0n) is 14.6. The summed E-state index contributed by atoms with van der Waals surface area (Å²) < 4.78 is 25.7. The Morgan fingerprint density at radius 2 is 1.88 bits per heavy atom. The van der Waals surface area contributed by atoms with Gasteiger partial charge in [-0.1, -0.05) is 36.4 Å². The van der Waals surface area contributed by atoms with Gasteiger partial charge in [0, 0.05) is 25.8 Å². The third kappa shape index (κ3) is 4.59. The number of nitrogens with zero attached hydrogens (tertiary/aromatic N) is 3. The third-order valence-electron chi connectivity index (χ3n) is 4.31. The molecule has 7 nitrogen and oxygen atoms in total. The molecule has 0 saturated carbocycles. The minimum absolute atomic E-state index is 0.184. The molecule has 0 bridgehead atoms. The van der Waals surface area contributed by atoms with E-state index in [4.69, 9.17) is 0 Å². The van der Waals surface area contributed by atoms with Gasteiger partial charge in [-0.05, 0) is 17.7 Å². The molecule has 3 rings (SSSR count). The molecular weight excluding hydrogens is 352 g/mol. The van der Waals surface area contributed by atoms with E-state index in [1.165, 1.54) is 10.6 Å². The summed E-state index contributed by atoms with van der Waals surface area (Å²) in [6, 6.07) is 14.6. The van der Waals surface area contributed by atoms with Crippen LogP contribution in [0, 0.1) is 0 Å². The predicted molar refractivity (Wildman–Crippen MR) is 98.7 cm³/mol. The number of pyridine rings is 1. The highest BCUT2D eigenvalue weighted by Gasteiger charge is 2.38. The van der Waals surface area contributed by atoms with E-state index in [0.29, 0.717) is 25.3 Å². The van der Waals surface area contributed by atoms with Gasteiger partial charge >= 0.3 is 6.03 Å². The van der Waals surface area contributed by atoms with E-state index in [1.807, 2.05) is 36.4 Å². The number of carbonyl (C=O) groups excluding carboxylic acids is 1. The summed E-state index contributed by atoms with van der Waals surface area (Å²) in [5, 5.41) is 2.86. The van der Waals surface area contributed by atoms with Crippen LogP contribution in [0.2, 0.25) is 0 Å². The lowest BCUT2D eigenvalue weighted by Crippen LogP contribution is -2.63. The third-order valence-corrected chi connectivity index (χ3v) is 5.59. The van der Waals surface area contributed by atoms with Crippen LogP contribution in [-0.2, 0) is 23.1 Å². The van der Waals surface area contributed by atoms with Crippen molar-refractivity contribution in [3.05, 3.63) is 66.0 Å². The first-order valence-corrected chi connectivity index (χ1v) is 10.2. The summed E-state index contributed by atoms with van der Waals surface area (Å²) in [5.41, 5.74) is 1.70. The molecular formula is C18H22N4O3S. The summed E-state index contributed by atoms with van der Waals surface area (Å²) in [5.74, 6) is 0. The second-order valence-electron chi connectivity index (χ2n) is 6.33. The van der Waals surface area contributed by atoms with Crippen LogP contribution in [0.15, 0.2) is 54.7 Å². The minimum Gasteiger partial charge on any atom is -0.334 e. The number of benzene rings is 1. The fraction of sp³-hybridized carbons (Fsp3) is 0.333. The Kier molecular flexibility index (Phi) is 5.53. The standard InChI is InChI=1S/C18H22N4O3S/c1-26(24,25)22(12-16-9-5-6-10-19-16)17-13-21(14-17)18(23)20-11-15-7-3-2-4-8-15/h2-10,17H,11-14H2,1H3,(H,20,23). The van der Waals surface area contributed by atoms with Crippen molar-refractivity contribution in [3.8, 4) is 0 Å². The van der Waals surface area contributed by atoms with Crippen molar-refractivity contribution in [3.63, 3.8) is 0 Å². The molecule has 26 heavy (non-hydrogen) atoms. The number of nitrogens with one attached hydrogen (secondary N) is 1. The van der Waals surface area contributed by atoms with Gasteiger partial charge in [-0.25, -0.2) is 13.2 Å². The van der Waals surface area contributed by atoms with Crippen molar-refractivity contribution in [2.45, 2.75) is 19.1 Å². The van der Waals surface area contributed by atoms with E-state index in [2.05, 4.69) is 10.3 Å². The van der Waals surface area contributed by atoms with Crippen LogP contribution in [-0.4, -0.2) is 54.0 Å². The van der Waals surface area contributed by atoms with E-state index in [1.54, 1.807) is 23.2 Å². The zero-order valence-corrected chi connectivity index (χ0v) is 15.4. The Bertz CT molecular complexity index is 837. The molecule has 1 aromatic heterocycles. The summed E-state index contributed by atoms with van der Waals surface area (Å²) in [4.78, 5) is 18.0. The number of hydrogen-bond acceptors (Lipinski definition) is 4. The minimum atomic E-state index is -3.39. The lowest BCUT2D eigenvalue weighted by atomic mass is 10.1. The van der Waals surface area contributed by atoms with Crippen LogP contribution < -0.4 is 5.32 Å². The second-order valence-corrected chi connectivity index (χ2v) is 8.27. The van der Waals surface area contributed by atoms with E-state index in [-0.39, 0.29) is 18.6 Å². The first-order valence-electron chi connectivity index (χ1n) is 8.37. The monoisotopic (exact) mass is 374 g/mol. The highest BCUT2D eigenvalue weighted by Crippen LogP contribution is 2.20. The van der Waals surface area contributed by atoms with Crippen molar-refractivity contribution in [2.75, 3.05) is 19.3 Å². The molecule has 1 saturated heterocycles. The zero-order chi connectivity index (χ0) is 18.6. The molecule has 0 unspecified atom stereocenters. The quantitative estimate of drug-likeness (QED) is 0.829. The van der Waals surface area contributed by atoms with Gasteiger partial charge in [-0.2, -0.15) is 4.31 Å². The molecule has 1 N–H and O–H groups in total. The molecule has 0 atom stereocenters. The van der Waals surface area contributed by atoms with Crippen molar-refractivity contribution in [2.24, 2.45) is 0 Å². The lowest BCUT2D eigenvalue weighted by molar-refractivity contribution is 0.0978. The van der Waals surface area contributed by atoms with Crippen LogP contribution in [0.3, 0.4) is 0 Å². The van der Waals surface area contributed by atoms with Crippen molar-refractivity contribution < 1.29 is 13.2 Å². The van der Waals surface area contributed by atoms with Gasteiger partial charge in [0.05, 0.1) is 24.5 Å². The topological polar surface area (TPSA) is 82.6 Å². The average Bonchev–Trinajstić information content (AvgIpc) is 2.59. The van der Waals surface area contributed by atoms with E-state index in [9.17, 15) is 13.2 Å². The van der Waals surface area contributed by atoms with Gasteiger partial charge in [0.1, 0.15) is 0 Å². The maximum Gasteiger partial charge on any atom is 0.317 e. The van der Waals surface area contributed by atoms with Gasteiger partial charge in [0.25, 0.3) is 0 Å². The molecule has 2 heterocycles. The number of aromatic nitrogens is 1. The Hall–Kier alpha value is -2.45. The normalized spacial score (nSPS) is 14.9. The molecule has 0 aliphatic carbocycles. The second kappa shape index (κ2) is 7.84. The van der Waals surface area contributed by atoms with Gasteiger partial charge in [-0.15, -0.1) is 0 Å². The first kappa shape index (κ1) is 18.3. The number of likely N-dealkylation sites (tertiary alicyclic amines) is 1. The van der Waals surface area contributed by atoms with Crippen LogP contribution in [0.1, 0.15) is 11.3 Å². The van der Waals surface area contributed by atoms with E-state index >= 15 is 0 Å². The van der Waals surface area contributed by atoms with Gasteiger partial charge in [0.2, 0.25) is 10.0 Å². The fourth-order valence-corrected chi connectivity index (χ4v) is 3.90. The lowest BCUT2D eigenvalue weighted by Gasteiger charge is -2.43. The van der Waals surface area contributed by atoms with Crippen molar-refractivity contribution in [1.82, 2.24) is 19.5 Å². The highest BCUT2D eigenvalue weighted by molar-refractivity contribution is 7.88. The number of rotatable bonds is 6. The molecule has 1 aliphatic heterocycles. The number of carbonyl (C=O) groups is 1. The number of sulfonamides is 1. The van der Waals surface area contributed by atoms with Crippen molar-refractivity contribution >= 4 is 16.1 Å². The molecule has 1 fully saturated rings. The smallest absolute Gasteiger partial charge is 0.317 e. The summed E-state index contributed by atoms with van der Waals surface area (Å²) in [6.45, 7) is 1.41. The summed E-state index contributed by atoms with van der Waals surface area (Å²) in [6.07, 6.45) is 2.83. The Morgan fingerprint density at radius 1 is 1.19 bits per heavy atom. The molecule has 0 spiro atoms. The molecule has 1 aliphatic rings. The van der Waals surface area contributed by atoms with Crippen molar-refractivity contribution in [1.29, 1.82) is 0 Å². The van der Waals surface area contributed by atoms with Crippen LogP contribution in [0.25, 0.3) is 0 Å². The molecule has 0 radical (unpaired) electrons. The predicted octanol–water partition coefficient (Wildman–Crippen LogP) is 1.44. The molecule has 1 aromatic carbocycles. The summed E-state index contributed by atoms with van der Waals surface area (Å²) >= 11 is 0. The average molecular weight is 374 g/mol. The van der Waals surface area contributed by atoms with E-state index < -0.39 is 10.0 Å². The molecule has 2 aromatic rings. The highest BCUT2D eigenvalue weighted by atomic mass is 32.2. The molecule has 8 heteroatoms. The Morgan fingerprint density at radius 3 is 2.50 bits per heavy atom. The Balaban J connectivity index is 1.55. The first-order chi connectivity index (χ1) is 12.4. The largest absolute Gasteiger partial charge is 0.334 e. The van der Waals surface area contributed by atoms with Crippen LogP contribution >= 0.6 is 0 Å². The SMILES string of the molecule is CS(=O)(=O)N(Cc1ccccn1)C1CN(C(=O)NCc2ccccc2)C1. The van der Waals surface area contributed by atoms with Gasteiger partial charge < -0.3 is 10.2 Å². The maximum absolute atomic E-state index is 12.2. The number of hydrogen-bond donors (Lipinski definition) is 1. The van der Waals surface area contributed by atoms with Gasteiger partial charge in [-0.3, -0.25) is 4.98 Å². The Labute approximate surface area is 153 Å². The maximum atomic E-state index is 12.2. The van der Waals surface area contributed by atoms with Crippen LogP contribution in [0.5, 0.6) is 0 Å². The molecule has 2 amide bonds. The fourth-order valence-electron chi connectivity index (χ4n) is 2.86.